The van der Waals surface area contributed by atoms with E-state index in [1.54, 1.807) is 19.1 Å². The van der Waals surface area contributed by atoms with Crippen molar-refractivity contribution in [2.75, 3.05) is 5.75 Å². The van der Waals surface area contributed by atoms with E-state index >= 15 is 0 Å². The van der Waals surface area contributed by atoms with Crippen LogP contribution in [0.1, 0.15) is 51.9 Å². The van der Waals surface area contributed by atoms with Crippen molar-refractivity contribution in [2.45, 2.75) is 76.4 Å². The lowest BCUT2D eigenvalue weighted by molar-refractivity contribution is -0.148. The zero-order valence-corrected chi connectivity index (χ0v) is 18.3. The van der Waals surface area contributed by atoms with Gasteiger partial charge >= 0.3 is 6.18 Å². The molecule has 0 aromatic carbocycles. The third-order valence-corrected chi connectivity index (χ3v) is 6.49. The second-order valence-corrected chi connectivity index (χ2v) is 9.67. The molecular formula is C20H32F3NO6S. The van der Waals surface area contributed by atoms with Crippen molar-refractivity contribution in [1.82, 2.24) is 4.72 Å². The standard InChI is InChI=1S/C20H32F3NO6S/c1-2-11-31(29,30)24-19(28)8-6-4-3-5-7-15-16(18(27)12-17(15)26)10-9-14(25)13-20(21,22)23/h3,5,9-10,14-18,25-27H,2,4,6-8,11-13H2,1H3,(H,24,28)/b5-3-,10-9+/t14-,15-,16-,17+,18-/m0/s1. The normalized spacial score (nSPS) is 26.0. The summed E-state index contributed by atoms with van der Waals surface area (Å²) in [7, 11) is -3.58. The lowest BCUT2D eigenvalue weighted by Crippen LogP contribution is -2.32. The monoisotopic (exact) mass is 471 g/mol. The second-order valence-electron chi connectivity index (χ2n) is 7.83. The van der Waals surface area contributed by atoms with Crippen LogP contribution in [-0.4, -0.2) is 59.9 Å². The van der Waals surface area contributed by atoms with E-state index in [2.05, 4.69) is 0 Å². The van der Waals surface area contributed by atoms with Crippen molar-refractivity contribution in [3.8, 4) is 0 Å². The Hall–Kier alpha value is -1.43. The number of carbonyl (C=O) groups excluding carboxylic acids is 1. The third-order valence-electron chi connectivity index (χ3n) is 5.00. The first-order valence-corrected chi connectivity index (χ1v) is 12.0. The Morgan fingerprint density at radius 2 is 1.90 bits per heavy atom. The number of amides is 1. The highest BCUT2D eigenvalue weighted by Gasteiger charge is 2.39. The van der Waals surface area contributed by atoms with Crippen molar-refractivity contribution in [1.29, 1.82) is 0 Å². The summed E-state index contributed by atoms with van der Waals surface area (Å²) in [4.78, 5) is 11.6. The molecule has 0 aromatic heterocycles. The van der Waals surface area contributed by atoms with Crippen molar-refractivity contribution < 1.29 is 41.7 Å². The minimum atomic E-state index is -4.50. The summed E-state index contributed by atoms with van der Waals surface area (Å²) in [5.74, 6) is -1.68. The van der Waals surface area contributed by atoms with Gasteiger partial charge in [-0.15, -0.1) is 0 Å². The lowest BCUT2D eigenvalue weighted by Gasteiger charge is -2.19. The smallest absolute Gasteiger partial charge is 0.391 e. The highest BCUT2D eigenvalue weighted by atomic mass is 32.2. The van der Waals surface area contributed by atoms with Crippen LogP contribution in [0.5, 0.6) is 0 Å². The Bertz CT molecular complexity index is 723. The van der Waals surface area contributed by atoms with Gasteiger partial charge < -0.3 is 15.3 Å². The van der Waals surface area contributed by atoms with Gasteiger partial charge in [-0.1, -0.05) is 31.2 Å². The average molecular weight is 472 g/mol. The molecule has 0 spiro atoms. The molecule has 31 heavy (non-hydrogen) atoms. The molecule has 0 heterocycles. The van der Waals surface area contributed by atoms with Gasteiger partial charge in [0.05, 0.1) is 30.5 Å². The molecule has 1 rings (SSSR count). The summed E-state index contributed by atoms with van der Waals surface area (Å²) < 4.78 is 61.9. The molecule has 11 heteroatoms. The van der Waals surface area contributed by atoms with Crippen LogP contribution in [0, 0.1) is 11.8 Å². The largest absolute Gasteiger partial charge is 0.393 e. The molecule has 0 radical (unpaired) electrons. The predicted octanol–water partition coefficient (Wildman–Crippen LogP) is 2.19. The van der Waals surface area contributed by atoms with Gasteiger partial charge in [0, 0.05) is 18.8 Å². The molecule has 0 saturated heterocycles. The number of allylic oxidation sites excluding steroid dienone is 2. The van der Waals surface area contributed by atoms with E-state index in [0.29, 0.717) is 25.7 Å². The van der Waals surface area contributed by atoms with Gasteiger partial charge in [0.15, 0.2) is 0 Å². The maximum absolute atomic E-state index is 12.3. The van der Waals surface area contributed by atoms with Gasteiger partial charge in [-0.05, 0) is 31.6 Å². The first kappa shape index (κ1) is 27.6. The van der Waals surface area contributed by atoms with Crippen LogP contribution in [0.25, 0.3) is 0 Å². The number of sulfonamides is 1. The van der Waals surface area contributed by atoms with E-state index in [1.807, 2.05) is 4.72 Å². The molecule has 1 fully saturated rings. The van der Waals surface area contributed by atoms with Gasteiger partial charge in [0.25, 0.3) is 0 Å². The van der Waals surface area contributed by atoms with Crippen LogP contribution in [-0.2, 0) is 14.8 Å². The molecular weight excluding hydrogens is 439 g/mol. The summed E-state index contributed by atoms with van der Waals surface area (Å²) >= 11 is 0. The molecule has 0 unspecified atom stereocenters. The zero-order chi connectivity index (χ0) is 23.7. The number of alkyl halides is 3. The van der Waals surface area contributed by atoms with E-state index in [9.17, 15) is 41.7 Å². The Morgan fingerprint density at radius 1 is 1.23 bits per heavy atom. The Kier molecular flexibility index (Phi) is 11.2. The highest BCUT2D eigenvalue weighted by molar-refractivity contribution is 7.90. The number of hydrogen-bond acceptors (Lipinski definition) is 6. The third kappa shape index (κ3) is 11.1. The van der Waals surface area contributed by atoms with Gasteiger partial charge in [0.1, 0.15) is 0 Å². The van der Waals surface area contributed by atoms with Crippen LogP contribution >= 0.6 is 0 Å². The van der Waals surface area contributed by atoms with Gasteiger partial charge in [-0.3, -0.25) is 9.52 Å². The summed E-state index contributed by atoms with van der Waals surface area (Å²) in [6.45, 7) is 1.69. The summed E-state index contributed by atoms with van der Waals surface area (Å²) in [6.07, 6.45) is -1.67. The summed E-state index contributed by atoms with van der Waals surface area (Å²) in [5, 5.41) is 29.7. The molecule has 7 nitrogen and oxygen atoms in total. The predicted molar refractivity (Wildman–Crippen MR) is 109 cm³/mol. The van der Waals surface area contributed by atoms with E-state index in [1.165, 1.54) is 6.08 Å². The van der Waals surface area contributed by atoms with Crippen LogP contribution < -0.4 is 4.72 Å². The van der Waals surface area contributed by atoms with Crippen molar-refractivity contribution in [3.63, 3.8) is 0 Å². The van der Waals surface area contributed by atoms with Gasteiger partial charge in [-0.25, -0.2) is 8.42 Å². The van der Waals surface area contributed by atoms with Crippen LogP contribution in [0.15, 0.2) is 24.3 Å². The molecule has 1 saturated carbocycles. The average Bonchev–Trinajstić information content (AvgIpc) is 2.87. The molecule has 5 atom stereocenters. The van der Waals surface area contributed by atoms with E-state index in [-0.39, 0.29) is 18.6 Å². The molecule has 4 N–H and O–H groups in total. The second kappa shape index (κ2) is 12.6. The Labute approximate surface area is 181 Å². The Balaban J connectivity index is 2.47. The number of aliphatic hydroxyl groups excluding tert-OH is 3. The molecule has 0 aliphatic heterocycles. The fourth-order valence-electron chi connectivity index (χ4n) is 3.56. The minimum absolute atomic E-state index is 0.0422. The van der Waals surface area contributed by atoms with Gasteiger partial charge in [-0.2, -0.15) is 13.2 Å². The lowest BCUT2D eigenvalue weighted by atomic mass is 9.89. The number of hydrogen-bond donors (Lipinski definition) is 4. The van der Waals surface area contributed by atoms with Crippen LogP contribution in [0.3, 0.4) is 0 Å². The number of rotatable bonds is 12. The molecule has 1 aliphatic carbocycles. The Morgan fingerprint density at radius 3 is 2.52 bits per heavy atom. The zero-order valence-electron chi connectivity index (χ0n) is 17.5. The van der Waals surface area contributed by atoms with Crippen molar-refractivity contribution in [3.05, 3.63) is 24.3 Å². The molecule has 180 valence electrons. The summed E-state index contributed by atoms with van der Waals surface area (Å²) in [6, 6.07) is 0. The fraction of sp³-hybridized carbons (Fsp3) is 0.750. The molecule has 1 aliphatic rings. The quantitative estimate of drug-likeness (QED) is 0.256. The van der Waals surface area contributed by atoms with Crippen LogP contribution in [0.2, 0.25) is 0 Å². The van der Waals surface area contributed by atoms with Crippen molar-refractivity contribution >= 4 is 15.9 Å². The fourth-order valence-corrected chi connectivity index (χ4v) is 4.65. The number of halogens is 3. The van der Waals surface area contributed by atoms with E-state index < -0.39 is 58.7 Å². The molecule has 1 amide bonds. The maximum atomic E-state index is 12.3. The SMILES string of the molecule is CCCS(=O)(=O)NC(=O)CCC/C=C\C[C@H]1[C@H](/C=C/[C@H](O)CC(F)(F)F)[C@@H](O)C[C@H]1O. The first-order valence-electron chi connectivity index (χ1n) is 10.3. The number of unbranched alkanes of at least 4 members (excludes halogenated alkanes) is 1. The molecule has 0 aromatic rings. The summed E-state index contributed by atoms with van der Waals surface area (Å²) in [5.41, 5.74) is 0. The molecule has 0 bridgehead atoms. The van der Waals surface area contributed by atoms with Gasteiger partial charge in [0.2, 0.25) is 15.9 Å². The van der Waals surface area contributed by atoms with Crippen LogP contribution in [0.4, 0.5) is 13.2 Å². The number of nitrogens with one attached hydrogen (secondary N) is 1. The highest BCUT2D eigenvalue weighted by Crippen LogP contribution is 2.36. The van der Waals surface area contributed by atoms with E-state index in [4.69, 9.17) is 0 Å². The van der Waals surface area contributed by atoms with E-state index in [0.717, 1.165) is 6.08 Å². The van der Waals surface area contributed by atoms with Crippen molar-refractivity contribution in [2.24, 2.45) is 11.8 Å². The topological polar surface area (TPSA) is 124 Å². The first-order chi connectivity index (χ1) is 14.3. The number of carbonyl (C=O) groups is 1. The minimum Gasteiger partial charge on any atom is -0.393 e. The number of aliphatic hydroxyl groups is 3. The maximum Gasteiger partial charge on any atom is 0.391 e.